The van der Waals surface area contributed by atoms with Gasteiger partial charge in [0.1, 0.15) is 5.75 Å². The van der Waals surface area contributed by atoms with Gasteiger partial charge in [-0.05, 0) is 30.2 Å². The van der Waals surface area contributed by atoms with Crippen LogP contribution >= 0.6 is 0 Å². The van der Waals surface area contributed by atoms with Crippen LogP contribution in [0.2, 0.25) is 0 Å². The summed E-state index contributed by atoms with van der Waals surface area (Å²) in [4.78, 5) is 16.4. The molecule has 0 fully saturated rings. The second kappa shape index (κ2) is 8.15. The molecule has 25 heavy (non-hydrogen) atoms. The molecule has 0 aliphatic rings. The molecule has 1 amide bonds. The number of nitrogens with zero attached hydrogens (tertiary/aromatic N) is 2. The minimum Gasteiger partial charge on any atom is -0.493 e. The normalized spacial score (nSPS) is 10.4. The van der Waals surface area contributed by atoms with Gasteiger partial charge >= 0.3 is 0 Å². The Labute approximate surface area is 147 Å². The van der Waals surface area contributed by atoms with Gasteiger partial charge in [-0.25, -0.2) is 4.98 Å². The summed E-state index contributed by atoms with van der Waals surface area (Å²) in [5.74, 6) is 0.477. The van der Waals surface area contributed by atoms with Crippen LogP contribution in [0.3, 0.4) is 0 Å². The zero-order valence-electron chi connectivity index (χ0n) is 14.2. The van der Waals surface area contributed by atoms with Crippen molar-refractivity contribution in [3.8, 4) is 5.75 Å². The molecular formula is C20H21N3O2. The summed E-state index contributed by atoms with van der Waals surface area (Å²) >= 11 is 0. The summed E-state index contributed by atoms with van der Waals surface area (Å²) in [5.41, 5.74) is 2.80. The first kappa shape index (κ1) is 16.8. The van der Waals surface area contributed by atoms with E-state index in [9.17, 15) is 4.79 Å². The number of aromatic nitrogens is 2. The number of nitrogens with one attached hydrogen (secondary N) is 1. The van der Waals surface area contributed by atoms with Gasteiger partial charge in [0.15, 0.2) is 0 Å². The number of carbonyl (C=O) groups excluding carboxylic acids is 1. The maximum Gasteiger partial charge on any atom is 0.255 e. The van der Waals surface area contributed by atoms with E-state index in [2.05, 4.69) is 22.4 Å². The van der Waals surface area contributed by atoms with E-state index in [1.54, 1.807) is 18.6 Å². The van der Waals surface area contributed by atoms with Gasteiger partial charge < -0.3 is 14.6 Å². The molecule has 3 rings (SSSR count). The summed E-state index contributed by atoms with van der Waals surface area (Å²) < 4.78 is 7.52. The van der Waals surface area contributed by atoms with Gasteiger partial charge in [0.05, 0.1) is 18.5 Å². The highest BCUT2D eigenvalue weighted by Crippen LogP contribution is 2.18. The Hall–Kier alpha value is -3.08. The smallest absolute Gasteiger partial charge is 0.255 e. The zero-order valence-corrected chi connectivity index (χ0v) is 14.2. The monoisotopic (exact) mass is 335 g/mol. The number of para-hydroxylation sites is 1. The predicted molar refractivity (Wildman–Crippen MR) is 96.6 cm³/mol. The maximum atomic E-state index is 12.4. The van der Waals surface area contributed by atoms with Crippen molar-refractivity contribution in [2.75, 3.05) is 6.61 Å². The van der Waals surface area contributed by atoms with E-state index in [0.29, 0.717) is 24.5 Å². The first-order valence-corrected chi connectivity index (χ1v) is 8.30. The van der Waals surface area contributed by atoms with Gasteiger partial charge in [0, 0.05) is 25.5 Å². The molecule has 5 nitrogen and oxygen atoms in total. The molecular weight excluding hydrogens is 314 g/mol. The van der Waals surface area contributed by atoms with Crippen LogP contribution in [0.25, 0.3) is 0 Å². The molecule has 0 saturated carbocycles. The minimum atomic E-state index is -0.133. The summed E-state index contributed by atoms with van der Waals surface area (Å²) in [6.45, 7) is 3.70. The molecule has 1 aromatic heterocycles. The Bertz CT molecular complexity index is 811. The van der Waals surface area contributed by atoms with Gasteiger partial charge in [-0.2, -0.15) is 0 Å². The second-order valence-electron chi connectivity index (χ2n) is 5.66. The van der Waals surface area contributed by atoms with Crippen molar-refractivity contribution in [2.45, 2.75) is 20.0 Å². The van der Waals surface area contributed by atoms with Crippen LogP contribution < -0.4 is 10.1 Å². The topological polar surface area (TPSA) is 56.1 Å². The summed E-state index contributed by atoms with van der Waals surface area (Å²) in [7, 11) is 0. The number of carbonyl (C=O) groups is 1. The molecule has 0 radical (unpaired) electrons. The van der Waals surface area contributed by atoms with Crippen LogP contribution in [-0.2, 0) is 13.1 Å². The quantitative estimate of drug-likeness (QED) is 0.721. The van der Waals surface area contributed by atoms with Gasteiger partial charge in [0.2, 0.25) is 0 Å². The Kier molecular flexibility index (Phi) is 5.46. The molecule has 0 bridgehead atoms. The first-order chi connectivity index (χ1) is 12.3. The molecule has 0 atom stereocenters. The van der Waals surface area contributed by atoms with E-state index in [1.807, 2.05) is 48.0 Å². The van der Waals surface area contributed by atoms with Crippen molar-refractivity contribution in [2.24, 2.45) is 0 Å². The molecule has 3 aromatic rings. The number of amides is 1. The number of hydrogen-bond donors (Lipinski definition) is 1. The van der Waals surface area contributed by atoms with E-state index < -0.39 is 0 Å². The van der Waals surface area contributed by atoms with Crippen LogP contribution in [0.5, 0.6) is 5.75 Å². The number of hydrogen-bond acceptors (Lipinski definition) is 3. The van der Waals surface area contributed by atoms with Gasteiger partial charge in [-0.1, -0.05) is 36.4 Å². The summed E-state index contributed by atoms with van der Waals surface area (Å²) in [5, 5.41) is 2.94. The lowest BCUT2D eigenvalue weighted by atomic mass is 10.1. The second-order valence-corrected chi connectivity index (χ2v) is 5.66. The summed E-state index contributed by atoms with van der Waals surface area (Å²) in [6, 6.07) is 15.5. The van der Waals surface area contributed by atoms with E-state index in [1.165, 1.54) is 5.56 Å². The lowest BCUT2D eigenvalue weighted by Gasteiger charge is -2.11. The van der Waals surface area contributed by atoms with E-state index in [0.717, 1.165) is 12.1 Å². The fourth-order valence-electron chi connectivity index (χ4n) is 2.57. The molecule has 1 N–H and O–H groups in total. The maximum absolute atomic E-state index is 12.4. The van der Waals surface area contributed by atoms with Crippen molar-refractivity contribution < 1.29 is 9.53 Å². The van der Waals surface area contributed by atoms with E-state index in [4.69, 9.17) is 4.74 Å². The van der Waals surface area contributed by atoms with Crippen LogP contribution in [0, 0.1) is 0 Å². The van der Waals surface area contributed by atoms with Gasteiger partial charge in [-0.15, -0.1) is 0 Å². The number of imidazole rings is 1. The van der Waals surface area contributed by atoms with Crippen molar-refractivity contribution in [3.05, 3.63) is 83.9 Å². The molecule has 5 heteroatoms. The van der Waals surface area contributed by atoms with Crippen molar-refractivity contribution in [1.82, 2.24) is 14.9 Å². The van der Waals surface area contributed by atoms with Crippen LogP contribution in [0.1, 0.15) is 28.4 Å². The average Bonchev–Trinajstić information content (AvgIpc) is 3.15. The third-order valence-electron chi connectivity index (χ3n) is 3.83. The first-order valence-electron chi connectivity index (χ1n) is 8.30. The molecule has 0 saturated heterocycles. The SMILES string of the molecule is CCOc1ccccc1C(=O)NCc1ccc(Cn2ccnc2)cc1. The zero-order chi connectivity index (χ0) is 17.5. The highest BCUT2D eigenvalue weighted by atomic mass is 16.5. The fraction of sp³-hybridized carbons (Fsp3) is 0.200. The lowest BCUT2D eigenvalue weighted by Crippen LogP contribution is -2.23. The van der Waals surface area contributed by atoms with Crippen LogP contribution in [0.4, 0.5) is 0 Å². The number of benzene rings is 2. The Balaban J connectivity index is 1.59. The highest BCUT2D eigenvalue weighted by Gasteiger charge is 2.11. The molecule has 0 spiro atoms. The Morgan fingerprint density at radius 3 is 2.60 bits per heavy atom. The molecule has 128 valence electrons. The molecule has 0 aliphatic carbocycles. The van der Waals surface area contributed by atoms with Crippen LogP contribution in [-0.4, -0.2) is 22.1 Å². The summed E-state index contributed by atoms with van der Waals surface area (Å²) in [6.07, 6.45) is 5.50. The molecule has 0 aliphatic heterocycles. The fourth-order valence-corrected chi connectivity index (χ4v) is 2.57. The van der Waals surface area contributed by atoms with Gasteiger partial charge in [-0.3, -0.25) is 4.79 Å². The van der Waals surface area contributed by atoms with E-state index in [-0.39, 0.29) is 5.91 Å². The van der Waals surface area contributed by atoms with Crippen molar-refractivity contribution >= 4 is 5.91 Å². The third kappa shape index (κ3) is 4.47. The van der Waals surface area contributed by atoms with Crippen molar-refractivity contribution in [3.63, 3.8) is 0 Å². The standard InChI is InChI=1S/C20H21N3O2/c1-2-25-19-6-4-3-5-18(19)20(24)22-13-16-7-9-17(10-8-16)14-23-12-11-21-15-23/h3-12,15H,2,13-14H2,1H3,(H,22,24). The predicted octanol–water partition coefficient (Wildman–Crippen LogP) is 3.26. The lowest BCUT2D eigenvalue weighted by molar-refractivity contribution is 0.0947. The number of rotatable bonds is 7. The molecule has 2 aromatic carbocycles. The average molecular weight is 335 g/mol. The largest absolute Gasteiger partial charge is 0.493 e. The van der Waals surface area contributed by atoms with E-state index >= 15 is 0 Å². The van der Waals surface area contributed by atoms with Gasteiger partial charge in [0.25, 0.3) is 5.91 Å². The van der Waals surface area contributed by atoms with Crippen LogP contribution in [0.15, 0.2) is 67.3 Å². The molecule has 1 heterocycles. The number of ether oxygens (including phenoxy) is 1. The molecule has 0 unspecified atom stereocenters. The Morgan fingerprint density at radius 1 is 1.12 bits per heavy atom. The Morgan fingerprint density at radius 2 is 1.88 bits per heavy atom. The highest BCUT2D eigenvalue weighted by molar-refractivity contribution is 5.96. The third-order valence-corrected chi connectivity index (χ3v) is 3.83. The minimum absolute atomic E-state index is 0.133. The van der Waals surface area contributed by atoms with Crippen molar-refractivity contribution in [1.29, 1.82) is 0 Å².